The van der Waals surface area contributed by atoms with E-state index in [4.69, 9.17) is 9.47 Å². The highest BCUT2D eigenvalue weighted by atomic mass is 16.5. The summed E-state index contributed by atoms with van der Waals surface area (Å²) in [5, 5.41) is 12.6. The van der Waals surface area contributed by atoms with Gasteiger partial charge in [-0.1, -0.05) is 12.1 Å². The summed E-state index contributed by atoms with van der Waals surface area (Å²) < 4.78 is 10.4. The van der Waals surface area contributed by atoms with E-state index in [1.54, 1.807) is 31.2 Å². The number of rotatable bonds is 8. The average molecular weight is 295 g/mol. The molecule has 21 heavy (non-hydrogen) atoms. The van der Waals surface area contributed by atoms with Gasteiger partial charge in [-0.15, -0.1) is 0 Å². The number of carbonyl (C=O) groups is 2. The van der Waals surface area contributed by atoms with Gasteiger partial charge in [0.1, 0.15) is 11.9 Å². The molecule has 0 bridgehead atoms. The molecule has 0 aromatic heterocycles. The van der Waals surface area contributed by atoms with Gasteiger partial charge in [0.25, 0.3) is 0 Å². The largest absolute Gasteiger partial charge is 0.491 e. The molecule has 0 saturated heterocycles. The first-order chi connectivity index (χ1) is 9.99. The second-order valence-electron chi connectivity index (χ2n) is 4.70. The Labute approximate surface area is 124 Å². The SMILES string of the molecule is CCOC(=O)C(NC=O)C(O)c1cccc(OC(C)C)c1. The first-order valence-corrected chi connectivity index (χ1v) is 6.80. The summed E-state index contributed by atoms with van der Waals surface area (Å²) in [6, 6.07) is 5.58. The standard InChI is InChI=1S/C15H21NO5/c1-4-20-15(19)13(16-9-17)14(18)11-6-5-7-12(8-11)21-10(2)3/h5-10,13-14,18H,4H2,1-3H3,(H,16,17). The molecule has 0 aliphatic carbocycles. The van der Waals surface area contributed by atoms with Gasteiger partial charge in [0.15, 0.2) is 6.04 Å². The number of aliphatic hydroxyl groups is 1. The van der Waals surface area contributed by atoms with E-state index in [1.165, 1.54) is 0 Å². The summed E-state index contributed by atoms with van der Waals surface area (Å²) in [6.07, 6.45) is -0.865. The zero-order chi connectivity index (χ0) is 15.8. The van der Waals surface area contributed by atoms with Crippen molar-refractivity contribution < 1.29 is 24.2 Å². The lowest BCUT2D eigenvalue weighted by molar-refractivity contribution is -0.149. The second kappa shape index (κ2) is 8.26. The third-order valence-corrected chi connectivity index (χ3v) is 2.68. The van der Waals surface area contributed by atoms with Crippen LogP contribution in [0.3, 0.4) is 0 Å². The maximum Gasteiger partial charge on any atom is 0.331 e. The van der Waals surface area contributed by atoms with Crippen molar-refractivity contribution in [1.82, 2.24) is 5.32 Å². The molecular formula is C15H21NO5. The van der Waals surface area contributed by atoms with Crippen LogP contribution in [-0.2, 0) is 14.3 Å². The van der Waals surface area contributed by atoms with E-state index in [9.17, 15) is 14.7 Å². The van der Waals surface area contributed by atoms with Crippen LogP contribution >= 0.6 is 0 Å². The predicted octanol–water partition coefficient (Wildman–Crippen LogP) is 1.18. The predicted molar refractivity (Wildman–Crippen MR) is 76.8 cm³/mol. The molecule has 6 heteroatoms. The third-order valence-electron chi connectivity index (χ3n) is 2.68. The van der Waals surface area contributed by atoms with Gasteiger partial charge in [-0.25, -0.2) is 4.79 Å². The Morgan fingerprint density at radius 2 is 2.14 bits per heavy atom. The number of ether oxygens (including phenoxy) is 2. The van der Waals surface area contributed by atoms with Crippen molar-refractivity contribution in [3.63, 3.8) is 0 Å². The molecule has 0 heterocycles. The zero-order valence-corrected chi connectivity index (χ0v) is 12.4. The van der Waals surface area contributed by atoms with Gasteiger partial charge in [0.05, 0.1) is 12.7 Å². The van der Waals surface area contributed by atoms with Gasteiger partial charge in [0.2, 0.25) is 6.41 Å². The van der Waals surface area contributed by atoms with E-state index in [0.717, 1.165) is 0 Å². The molecule has 2 unspecified atom stereocenters. The normalized spacial score (nSPS) is 13.4. The first-order valence-electron chi connectivity index (χ1n) is 6.80. The first kappa shape index (κ1) is 17.0. The molecule has 0 aliphatic rings. The van der Waals surface area contributed by atoms with Crippen molar-refractivity contribution in [3.8, 4) is 5.75 Å². The van der Waals surface area contributed by atoms with Crippen molar-refractivity contribution in [1.29, 1.82) is 0 Å². The van der Waals surface area contributed by atoms with Crippen molar-refractivity contribution in [2.75, 3.05) is 6.61 Å². The Bertz CT molecular complexity index is 475. The van der Waals surface area contributed by atoms with E-state index >= 15 is 0 Å². The van der Waals surface area contributed by atoms with Gasteiger partial charge in [-0.2, -0.15) is 0 Å². The quantitative estimate of drug-likeness (QED) is 0.556. The molecule has 2 atom stereocenters. The van der Waals surface area contributed by atoms with Gasteiger partial charge in [-0.05, 0) is 38.5 Å². The molecule has 0 spiro atoms. The topological polar surface area (TPSA) is 84.9 Å². The van der Waals surface area contributed by atoms with Crippen LogP contribution in [0.15, 0.2) is 24.3 Å². The third kappa shape index (κ3) is 5.07. The lowest BCUT2D eigenvalue weighted by Crippen LogP contribution is -2.42. The summed E-state index contributed by atoms with van der Waals surface area (Å²) >= 11 is 0. The highest BCUT2D eigenvalue weighted by molar-refractivity contribution is 5.79. The lowest BCUT2D eigenvalue weighted by Gasteiger charge is -2.21. The van der Waals surface area contributed by atoms with Crippen molar-refractivity contribution in [3.05, 3.63) is 29.8 Å². The molecule has 0 aliphatic heterocycles. The summed E-state index contributed by atoms with van der Waals surface area (Å²) in [5.74, 6) is -0.109. The van der Waals surface area contributed by atoms with Gasteiger partial charge >= 0.3 is 5.97 Å². The van der Waals surface area contributed by atoms with Gasteiger partial charge in [0, 0.05) is 0 Å². The minimum Gasteiger partial charge on any atom is -0.491 e. The molecule has 1 aromatic carbocycles. The number of amides is 1. The molecule has 1 aromatic rings. The van der Waals surface area contributed by atoms with Crippen LogP contribution in [0.1, 0.15) is 32.4 Å². The second-order valence-corrected chi connectivity index (χ2v) is 4.70. The minimum absolute atomic E-state index is 0.00801. The molecule has 2 N–H and O–H groups in total. The van der Waals surface area contributed by atoms with Crippen LogP contribution in [0.5, 0.6) is 5.75 Å². The maximum atomic E-state index is 11.8. The Morgan fingerprint density at radius 1 is 1.43 bits per heavy atom. The van der Waals surface area contributed by atoms with E-state index in [1.807, 2.05) is 13.8 Å². The number of hydrogen-bond donors (Lipinski definition) is 2. The molecule has 6 nitrogen and oxygen atoms in total. The van der Waals surface area contributed by atoms with Crippen molar-refractivity contribution >= 4 is 12.4 Å². The Morgan fingerprint density at radius 3 is 2.71 bits per heavy atom. The zero-order valence-electron chi connectivity index (χ0n) is 12.4. The Hall–Kier alpha value is -2.08. The number of aliphatic hydroxyl groups excluding tert-OH is 1. The molecular weight excluding hydrogens is 274 g/mol. The van der Waals surface area contributed by atoms with Crippen LogP contribution in [0.4, 0.5) is 0 Å². The number of carbonyl (C=O) groups excluding carboxylic acids is 2. The van der Waals surface area contributed by atoms with Crippen LogP contribution in [0, 0.1) is 0 Å². The van der Waals surface area contributed by atoms with E-state index in [0.29, 0.717) is 17.7 Å². The fraction of sp³-hybridized carbons (Fsp3) is 0.467. The van der Waals surface area contributed by atoms with E-state index < -0.39 is 18.1 Å². The summed E-state index contributed by atoms with van der Waals surface area (Å²) in [6.45, 7) is 5.59. The minimum atomic E-state index is -1.22. The molecule has 0 radical (unpaired) electrons. The average Bonchev–Trinajstić information content (AvgIpc) is 2.44. The summed E-state index contributed by atoms with van der Waals surface area (Å²) in [4.78, 5) is 22.4. The fourth-order valence-corrected chi connectivity index (χ4v) is 1.83. The van der Waals surface area contributed by atoms with Crippen LogP contribution in [0.2, 0.25) is 0 Å². The fourth-order valence-electron chi connectivity index (χ4n) is 1.83. The van der Waals surface area contributed by atoms with E-state index in [-0.39, 0.29) is 12.7 Å². The van der Waals surface area contributed by atoms with Gasteiger partial charge in [-0.3, -0.25) is 4.79 Å². The monoisotopic (exact) mass is 295 g/mol. The smallest absolute Gasteiger partial charge is 0.331 e. The van der Waals surface area contributed by atoms with Gasteiger partial charge < -0.3 is 19.9 Å². The van der Waals surface area contributed by atoms with Crippen LogP contribution in [0.25, 0.3) is 0 Å². The molecule has 1 rings (SSSR count). The van der Waals surface area contributed by atoms with Crippen molar-refractivity contribution in [2.45, 2.75) is 39.0 Å². The molecule has 116 valence electrons. The molecule has 1 amide bonds. The van der Waals surface area contributed by atoms with Crippen LogP contribution < -0.4 is 10.1 Å². The lowest BCUT2D eigenvalue weighted by atomic mass is 10.0. The Balaban J connectivity index is 2.94. The highest BCUT2D eigenvalue weighted by Gasteiger charge is 2.29. The molecule has 0 saturated carbocycles. The maximum absolute atomic E-state index is 11.8. The highest BCUT2D eigenvalue weighted by Crippen LogP contribution is 2.23. The Kier molecular flexibility index (Phi) is 6.68. The molecule has 0 fully saturated rings. The van der Waals surface area contributed by atoms with Crippen molar-refractivity contribution in [2.24, 2.45) is 0 Å². The number of benzene rings is 1. The summed E-state index contributed by atoms with van der Waals surface area (Å²) in [5.41, 5.74) is 0.459. The number of nitrogens with one attached hydrogen (secondary N) is 1. The van der Waals surface area contributed by atoms with E-state index in [2.05, 4.69) is 5.32 Å². The summed E-state index contributed by atoms with van der Waals surface area (Å²) in [7, 11) is 0. The number of hydrogen-bond acceptors (Lipinski definition) is 5. The van der Waals surface area contributed by atoms with Crippen LogP contribution in [-0.4, -0.2) is 36.2 Å². The number of esters is 1.